The molecule has 0 radical (unpaired) electrons. The number of hydrogen-bond donors (Lipinski definition) is 1. The van der Waals surface area contributed by atoms with Crippen LogP contribution in [0.1, 0.15) is 49.7 Å². The lowest BCUT2D eigenvalue weighted by Crippen LogP contribution is -2.40. The van der Waals surface area contributed by atoms with E-state index >= 15 is 0 Å². The zero-order valence-electron chi connectivity index (χ0n) is 11.6. The molecule has 0 aliphatic carbocycles. The summed E-state index contributed by atoms with van der Waals surface area (Å²) in [4.78, 5) is 7.36. The van der Waals surface area contributed by atoms with Crippen LogP contribution in [-0.2, 0) is 6.42 Å². The van der Waals surface area contributed by atoms with Crippen LogP contribution in [0.3, 0.4) is 0 Å². The second-order valence-corrected chi connectivity index (χ2v) is 6.23. The van der Waals surface area contributed by atoms with Crippen LogP contribution in [-0.4, -0.2) is 35.6 Å². The Labute approximate surface area is 114 Å². The van der Waals surface area contributed by atoms with Crippen molar-refractivity contribution in [2.24, 2.45) is 5.73 Å². The standard InChI is InChI=1S/C14H25N3S/c1-3-17-7-5-4-6-12(17)8-14-16-13(10-18-14)11(2)9-15/h10-12H,3-9,15H2,1-2H3. The normalized spacial score (nSPS) is 23.2. The third-order valence-corrected chi connectivity index (χ3v) is 4.88. The molecule has 102 valence electrons. The topological polar surface area (TPSA) is 42.2 Å². The van der Waals surface area contributed by atoms with Crippen molar-refractivity contribution in [2.45, 2.75) is 51.5 Å². The Hall–Kier alpha value is -0.450. The molecule has 1 aliphatic rings. The van der Waals surface area contributed by atoms with Gasteiger partial charge in [-0.15, -0.1) is 11.3 Å². The summed E-state index contributed by atoms with van der Waals surface area (Å²) in [6, 6.07) is 0.705. The Bertz CT molecular complexity index is 364. The van der Waals surface area contributed by atoms with E-state index in [0.717, 1.165) is 6.42 Å². The highest BCUT2D eigenvalue weighted by atomic mass is 32.1. The smallest absolute Gasteiger partial charge is 0.0943 e. The highest BCUT2D eigenvalue weighted by molar-refractivity contribution is 7.09. The molecule has 1 fully saturated rings. The van der Waals surface area contributed by atoms with Gasteiger partial charge in [0.1, 0.15) is 0 Å². The molecule has 1 aliphatic heterocycles. The van der Waals surface area contributed by atoms with Gasteiger partial charge in [0.25, 0.3) is 0 Å². The van der Waals surface area contributed by atoms with Crippen molar-refractivity contribution in [3.8, 4) is 0 Å². The fraction of sp³-hybridized carbons (Fsp3) is 0.786. The van der Waals surface area contributed by atoms with Crippen molar-refractivity contribution in [1.82, 2.24) is 9.88 Å². The molecular weight excluding hydrogens is 242 g/mol. The molecule has 1 aromatic heterocycles. The number of aromatic nitrogens is 1. The highest BCUT2D eigenvalue weighted by Crippen LogP contribution is 2.24. The molecule has 3 nitrogen and oxygen atoms in total. The SMILES string of the molecule is CCN1CCCCC1Cc1nc(C(C)CN)cs1. The maximum Gasteiger partial charge on any atom is 0.0943 e. The summed E-state index contributed by atoms with van der Waals surface area (Å²) in [6.07, 6.45) is 5.18. The van der Waals surface area contributed by atoms with Crippen LogP contribution in [0.5, 0.6) is 0 Å². The van der Waals surface area contributed by atoms with Crippen LogP contribution in [0.4, 0.5) is 0 Å². The van der Waals surface area contributed by atoms with Crippen molar-refractivity contribution < 1.29 is 0 Å². The van der Waals surface area contributed by atoms with E-state index in [1.54, 1.807) is 11.3 Å². The number of nitrogens with two attached hydrogens (primary N) is 1. The van der Waals surface area contributed by atoms with Gasteiger partial charge in [0, 0.05) is 30.3 Å². The minimum absolute atomic E-state index is 0.392. The molecule has 2 unspecified atom stereocenters. The molecule has 2 N–H and O–H groups in total. The van der Waals surface area contributed by atoms with Gasteiger partial charge in [0.2, 0.25) is 0 Å². The minimum atomic E-state index is 0.392. The summed E-state index contributed by atoms with van der Waals surface area (Å²) in [5.41, 5.74) is 6.87. The molecule has 2 heterocycles. The lowest BCUT2D eigenvalue weighted by Gasteiger charge is -2.34. The number of rotatable bonds is 5. The van der Waals surface area contributed by atoms with Crippen molar-refractivity contribution in [3.05, 3.63) is 16.1 Å². The molecule has 0 saturated carbocycles. The van der Waals surface area contributed by atoms with Crippen LogP contribution in [0, 0.1) is 0 Å². The van der Waals surface area contributed by atoms with E-state index < -0.39 is 0 Å². The fourth-order valence-corrected chi connectivity index (χ4v) is 3.66. The molecule has 0 aromatic carbocycles. The summed E-state index contributed by atoms with van der Waals surface area (Å²) in [5.74, 6) is 0.392. The first-order valence-corrected chi connectivity index (χ1v) is 8.01. The minimum Gasteiger partial charge on any atom is -0.330 e. The molecule has 2 atom stereocenters. The Morgan fingerprint density at radius 1 is 1.56 bits per heavy atom. The van der Waals surface area contributed by atoms with Gasteiger partial charge in [0.15, 0.2) is 0 Å². The largest absolute Gasteiger partial charge is 0.330 e. The van der Waals surface area contributed by atoms with Crippen LogP contribution in [0.2, 0.25) is 0 Å². The summed E-state index contributed by atoms with van der Waals surface area (Å²) in [6.45, 7) is 7.54. The fourth-order valence-electron chi connectivity index (χ4n) is 2.67. The van der Waals surface area contributed by atoms with Gasteiger partial charge < -0.3 is 10.6 Å². The van der Waals surface area contributed by atoms with Crippen LogP contribution < -0.4 is 5.73 Å². The zero-order valence-corrected chi connectivity index (χ0v) is 12.4. The Kier molecular flexibility index (Phi) is 5.15. The van der Waals surface area contributed by atoms with E-state index in [1.807, 2.05) is 0 Å². The molecule has 2 rings (SSSR count). The Morgan fingerprint density at radius 2 is 2.39 bits per heavy atom. The van der Waals surface area contributed by atoms with Gasteiger partial charge in [-0.1, -0.05) is 20.3 Å². The van der Waals surface area contributed by atoms with Gasteiger partial charge in [0.05, 0.1) is 10.7 Å². The van der Waals surface area contributed by atoms with Gasteiger partial charge in [-0.05, 0) is 25.9 Å². The number of hydrogen-bond acceptors (Lipinski definition) is 4. The van der Waals surface area contributed by atoms with Crippen LogP contribution >= 0.6 is 11.3 Å². The monoisotopic (exact) mass is 267 g/mol. The van der Waals surface area contributed by atoms with Gasteiger partial charge >= 0.3 is 0 Å². The first-order valence-electron chi connectivity index (χ1n) is 7.13. The second-order valence-electron chi connectivity index (χ2n) is 5.29. The van der Waals surface area contributed by atoms with Gasteiger partial charge in [-0.2, -0.15) is 0 Å². The number of nitrogens with zero attached hydrogens (tertiary/aromatic N) is 2. The van der Waals surface area contributed by atoms with Crippen molar-refractivity contribution in [3.63, 3.8) is 0 Å². The van der Waals surface area contributed by atoms with Crippen molar-refractivity contribution >= 4 is 11.3 Å². The highest BCUT2D eigenvalue weighted by Gasteiger charge is 2.22. The predicted octanol–water partition coefficient (Wildman–Crippen LogP) is 2.62. The average Bonchev–Trinajstić information content (AvgIpc) is 2.87. The summed E-state index contributed by atoms with van der Waals surface area (Å²) < 4.78 is 0. The van der Waals surface area contributed by atoms with E-state index in [9.17, 15) is 0 Å². The maximum atomic E-state index is 5.70. The Morgan fingerprint density at radius 3 is 3.11 bits per heavy atom. The van der Waals surface area contributed by atoms with Gasteiger partial charge in [-0.25, -0.2) is 4.98 Å². The first kappa shape index (κ1) is 14.0. The van der Waals surface area contributed by atoms with E-state index in [4.69, 9.17) is 10.7 Å². The average molecular weight is 267 g/mol. The molecular formula is C14H25N3S. The maximum absolute atomic E-state index is 5.70. The van der Waals surface area contributed by atoms with Crippen LogP contribution in [0.25, 0.3) is 0 Å². The molecule has 18 heavy (non-hydrogen) atoms. The molecule has 4 heteroatoms. The number of thiazole rings is 1. The third kappa shape index (κ3) is 3.31. The summed E-state index contributed by atoms with van der Waals surface area (Å²) in [5, 5.41) is 3.47. The summed E-state index contributed by atoms with van der Waals surface area (Å²) in [7, 11) is 0. The molecule has 0 spiro atoms. The lowest BCUT2D eigenvalue weighted by atomic mass is 10.00. The van der Waals surface area contributed by atoms with E-state index in [-0.39, 0.29) is 0 Å². The molecule has 0 bridgehead atoms. The summed E-state index contributed by atoms with van der Waals surface area (Å²) >= 11 is 1.81. The predicted molar refractivity (Wildman–Crippen MR) is 78.2 cm³/mol. The van der Waals surface area contributed by atoms with Gasteiger partial charge in [-0.3, -0.25) is 0 Å². The number of piperidine rings is 1. The third-order valence-electron chi connectivity index (χ3n) is 3.99. The zero-order chi connectivity index (χ0) is 13.0. The lowest BCUT2D eigenvalue weighted by molar-refractivity contribution is 0.155. The van der Waals surface area contributed by atoms with Crippen molar-refractivity contribution in [1.29, 1.82) is 0 Å². The molecule has 1 aromatic rings. The van der Waals surface area contributed by atoms with E-state index in [0.29, 0.717) is 18.5 Å². The second kappa shape index (κ2) is 6.64. The Balaban J connectivity index is 1.97. The number of likely N-dealkylation sites (N-methyl/N-ethyl adjacent to an activating group) is 1. The quantitative estimate of drug-likeness (QED) is 0.891. The van der Waals surface area contributed by atoms with Crippen LogP contribution in [0.15, 0.2) is 5.38 Å². The molecule has 0 amide bonds. The van der Waals surface area contributed by atoms with E-state index in [2.05, 4.69) is 24.1 Å². The van der Waals surface area contributed by atoms with Crippen molar-refractivity contribution in [2.75, 3.05) is 19.6 Å². The molecule has 1 saturated heterocycles. The number of likely N-dealkylation sites (tertiary alicyclic amines) is 1. The van der Waals surface area contributed by atoms with E-state index in [1.165, 1.54) is 43.1 Å². The first-order chi connectivity index (χ1) is 8.74.